The lowest BCUT2D eigenvalue weighted by Gasteiger charge is -2.34. The summed E-state index contributed by atoms with van der Waals surface area (Å²) in [7, 11) is -2.82. The highest BCUT2D eigenvalue weighted by molar-refractivity contribution is 14.0. The van der Waals surface area contributed by atoms with Crippen molar-refractivity contribution in [1.29, 1.82) is 0 Å². The van der Waals surface area contributed by atoms with Crippen LogP contribution in [0, 0.1) is 11.3 Å². The van der Waals surface area contributed by atoms with Crippen LogP contribution >= 0.6 is 24.0 Å². The SMILES string of the molecule is I.O=S1(=O)CCC(CN=C(NC2CCCC2)N2CCC3(CCOCC3)C2)C1. The van der Waals surface area contributed by atoms with Gasteiger partial charge in [0.2, 0.25) is 0 Å². The van der Waals surface area contributed by atoms with E-state index in [0.29, 0.717) is 29.5 Å². The Morgan fingerprint density at radius 2 is 1.89 bits per heavy atom. The topological polar surface area (TPSA) is 71.0 Å². The molecule has 3 heterocycles. The third-order valence-corrected chi connectivity index (χ3v) is 8.64. The summed E-state index contributed by atoms with van der Waals surface area (Å²) in [5, 5.41) is 3.72. The number of likely N-dealkylation sites (tertiary alicyclic amines) is 1. The molecule has 4 rings (SSSR count). The van der Waals surface area contributed by atoms with E-state index < -0.39 is 9.84 Å². The molecule has 0 aromatic rings. The zero-order valence-corrected chi connectivity index (χ0v) is 19.3. The minimum Gasteiger partial charge on any atom is -0.381 e. The first-order valence-electron chi connectivity index (χ1n) is 10.4. The monoisotopic (exact) mass is 511 g/mol. The molecule has 3 saturated heterocycles. The van der Waals surface area contributed by atoms with Crippen LogP contribution in [0.3, 0.4) is 0 Å². The first kappa shape index (κ1) is 21.6. The molecule has 0 bridgehead atoms. The zero-order chi connectivity index (χ0) is 18.0. The number of hydrogen-bond donors (Lipinski definition) is 1. The molecular formula is C19H34IN3O3S. The second kappa shape index (κ2) is 9.15. The van der Waals surface area contributed by atoms with Gasteiger partial charge in [-0.2, -0.15) is 0 Å². The maximum Gasteiger partial charge on any atom is 0.194 e. The molecular weight excluding hydrogens is 477 g/mol. The standard InChI is InChI=1S/C19H33N3O3S.HI/c23-26(24)12-5-16(14-26)13-20-18(21-17-3-1-2-4-17)22-9-6-19(15-22)7-10-25-11-8-19;/h16-17H,1-15H2,(H,20,21);1H. The third-order valence-electron chi connectivity index (χ3n) is 6.81. The summed E-state index contributed by atoms with van der Waals surface area (Å²) in [6.45, 7) is 4.53. The number of nitrogens with zero attached hydrogens (tertiary/aromatic N) is 2. The molecule has 0 radical (unpaired) electrons. The first-order valence-corrected chi connectivity index (χ1v) is 12.2. The summed E-state index contributed by atoms with van der Waals surface area (Å²) in [5.41, 5.74) is 0.396. The minimum atomic E-state index is -2.82. The van der Waals surface area contributed by atoms with E-state index in [9.17, 15) is 8.42 Å². The zero-order valence-electron chi connectivity index (χ0n) is 16.2. The van der Waals surface area contributed by atoms with Crippen LogP contribution in [0.25, 0.3) is 0 Å². The Kier molecular flexibility index (Phi) is 7.33. The lowest BCUT2D eigenvalue weighted by molar-refractivity contribution is 0.0217. The summed E-state index contributed by atoms with van der Waals surface area (Å²) >= 11 is 0. The molecule has 1 atom stereocenters. The van der Waals surface area contributed by atoms with Gasteiger partial charge in [0.05, 0.1) is 11.5 Å². The Balaban J connectivity index is 0.00000210. The van der Waals surface area contributed by atoms with Crippen molar-refractivity contribution in [2.45, 2.75) is 57.4 Å². The Morgan fingerprint density at radius 3 is 2.56 bits per heavy atom. The van der Waals surface area contributed by atoms with Gasteiger partial charge in [-0.25, -0.2) is 8.42 Å². The third kappa shape index (κ3) is 5.50. The fraction of sp³-hybridized carbons (Fsp3) is 0.947. The Bertz CT molecular complexity index is 628. The molecule has 1 unspecified atom stereocenters. The number of guanidine groups is 1. The molecule has 1 spiro atoms. The highest BCUT2D eigenvalue weighted by Crippen LogP contribution is 2.39. The van der Waals surface area contributed by atoms with Gasteiger partial charge in [0, 0.05) is 38.9 Å². The smallest absolute Gasteiger partial charge is 0.194 e. The molecule has 4 fully saturated rings. The van der Waals surface area contributed by atoms with Crippen molar-refractivity contribution in [3.05, 3.63) is 0 Å². The highest BCUT2D eigenvalue weighted by Gasteiger charge is 2.40. The van der Waals surface area contributed by atoms with Crippen molar-refractivity contribution in [3.63, 3.8) is 0 Å². The van der Waals surface area contributed by atoms with E-state index in [1.807, 2.05) is 0 Å². The van der Waals surface area contributed by atoms with Crippen LogP contribution in [-0.4, -0.2) is 69.7 Å². The number of aliphatic imine (C=N–C) groups is 1. The minimum absolute atomic E-state index is 0. The van der Waals surface area contributed by atoms with Crippen LogP contribution < -0.4 is 5.32 Å². The van der Waals surface area contributed by atoms with E-state index in [-0.39, 0.29) is 29.9 Å². The summed E-state index contributed by atoms with van der Waals surface area (Å²) in [6, 6.07) is 0.535. The maximum atomic E-state index is 11.7. The highest BCUT2D eigenvalue weighted by atomic mass is 127. The molecule has 6 nitrogen and oxygen atoms in total. The number of rotatable bonds is 3. The molecule has 1 N–H and O–H groups in total. The molecule has 0 aromatic carbocycles. The molecule has 156 valence electrons. The van der Waals surface area contributed by atoms with Crippen molar-refractivity contribution in [3.8, 4) is 0 Å². The van der Waals surface area contributed by atoms with Crippen molar-refractivity contribution in [2.24, 2.45) is 16.3 Å². The molecule has 4 aliphatic rings. The molecule has 8 heteroatoms. The van der Waals surface area contributed by atoms with Crippen molar-refractivity contribution in [2.75, 3.05) is 44.4 Å². The quantitative estimate of drug-likeness (QED) is 0.358. The van der Waals surface area contributed by atoms with E-state index in [4.69, 9.17) is 9.73 Å². The number of ether oxygens (including phenoxy) is 1. The van der Waals surface area contributed by atoms with Gasteiger partial charge < -0.3 is 15.0 Å². The average Bonchev–Trinajstić information content (AvgIpc) is 3.34. The van der Waals surface area contributed by atoms with Gasteiger partial charge in [0.25, 0.3) is 0 Å². The van der Waals surface area contributed by atoms with Gasteiger partial charge >= 0.3 is 0 Å². The fourth-order valence-corrected chi connectivity index (χ4v) is 6.90. The van der Waals surface area contributed by atoms with E-state index in [1.54, 1.807) is 0 Å². The maximum absolute atomic E-state index is 11.7. The van der Waals surface area contributed by atoms with Gasteiger partial charge in [-0.3, -0.25) is 4.99 Å². The van der Waals surface area contributed by atoms with E-state index >= 15 is 0 Å². The normalized spacial score (nSPS) is 30.6. The Morgan fingerprint density at radius 1 is 1.15 bits per heavy atom. The van der Waals surface area contributed by atoms with Crippen LogP contribution in [0.15, 0.2) is 4.99 Å². The van der Waals surface area contributed by atoms with Crippen molar-refractivity contribution in [1.82, 2.24) is 10.2 Å². The number of hydrogen-bond acceptors (Lipinski definition) is 4. The average molecular weight is 511 g/mol. The molecule has 27 heavy (non-hydrogen) atoms. The summed E-state index contributed by atoms with van der Waals surface area (Å²) in [5.74, 6) is 1.88. The van der Waals surface area contributed by atoms with Crippen LogP contribution in [-0.2, 0) is 14.6 Å². The summed E-state index contributed by atoms with van der Waals surface area (Å²) in [4.78, 5) is 7.37. The lowest BCUT2D eigenvalue weighted by atomic mass is 9.80. The first-order chi connectivity index (χ1) is 12.5. The number of halogens is 1. The largest absolute Gasteiger partial charge is 0.381 e. The van der Waals surface area contributed by atoms with Gasteiger partial charge in [0.15, 0.2) is 15.8 Å². The molecule has 1 saturated carbocycles. The second-order valence-corrected chi connectivity index (χ2v) is 11.1. The predicted molar refractivity (Wildman–Crippen MR) is 119 cm³/mol. The van der Waals surface area contributed by atoms with Gasteiger partial charge in [0.1, 0.15) is 0 Å². The second-order valence-electron chi connectivity index (χ2n) is 8.84. The number of nitrogens with one attached hydrogen (secondary N) is 1. The van der Waals surface area contributed by atoms with Gasteiger partial charge in [-0.05, 0) is 49.9 Å². The lowest BCUT2D eigenvalue weighted by Crippen LogP contribution is -2.46. The number of sulfone groups is 1. The Labute approximate surface area is 180 Å². The van der Waals surface area contributed by atoms with Crippen molar-refractivity contribution < 1.29 is 13.2 Å². The van der Waals surface area contributed by atoms with E-state index in [1.165, 1.54) is 32.1 Å². The van der Waals surface area contributed by atoms with E-state index in [2.05, 4.69) is 10.2 Å². The van der Waals surface area contributed by atoms with Crippen LogP contribution in [0.2, 0.25) is 0 Å². The van der Waals surface area contributed by atoms with Crippen LogP contribution in [0.4, 0.5) is 0 Å². The molecule has 1 aliphatic carbocycles. The summed E-state index contributed by atoms with van der Waals surface area (Å²) < 4.78 is 29.0. The van der Waals surface area contributed by atoms with E-state index in [0.717, 1.165) is 51.5 Å². The predicted octanol–water partition coefficient (Wildman–Crippen LogP) is 2.43. The molecule has 3 aliphatic heterocycles. The fourth-order valence-electron chi connectivity index (χ4n) is 5.05. The van der Waals surface area contributed by atoms with Crippen molar-refractivity contribution >= 4 is 39.8 Å². The van der Waals surface area contributed by atoms with Crippen LogP contribution in [0.5, 0.6) is 0 Å². The molecule has 0 aromatic heterocycles. The Hall–Kier alpha value is -0.0900. The van der Waals surface area contributed by atoms with Gasteiger partial charge in [-0.1, -0.05) is 12.8 Å². The summed E-state index contributed by atoms with van der Waals surface area (Å²) in [6.07, 6.45) is 9.35. The van der Waals surface area contributed by atoms with Gasteiger partial charge in [-0.15, -0.1) is 24.0 Å². The van der Waals surface area contributed by atoms with Crippen LogP contribution in [0.1, 0.15) is 51.4 Å². The molecule has 0 amide bonds.